The van der Waals surface area contributed by atoms with Crippen molar-refractivity contribution in [2.24, 2.45) is 0 Å². The average Bonchev–Trinajstić information content (AvgIpc) is 2.91. The first-order chi connectivity index (χ1) is 8.83. The smallest absolute Gasteiger partial charge is 0.167 e. The van der Waals surface area contributed by atoms with Crippen LogP contribution in [0.3, 0.4) is 0 Å². The summed E-state index contributed by atoms with van der Waals surface area (Å²) in [6.07, 6.45) is 1.57. The first kappa shape index (κ1) is 11.6. The normalized spacial score (nSPS) is 14.2. The highest BCUT2D eigenvalue weighted by Gasteiger charge is 2.12. The zero-order chi connectivity index (χ0) is 12.4. The minimum absolute atomic E-state index is 0.210. The van der Waals surface area contributed by atoms with Crippen LogP contribution in [0.5, 0.6) is 0 Å². The van der Waals surface area contributed by atoms with E-state index in [2.05, 4.69) is 17.4 Å². The van der Waals surface area contributed by atoms with Crippen LogP contribution in [-0.4, -0.2) is 12.3 Å². The summed E-state index contributed by atoms with van der Waals surface area (Å²) in [6.45, 7) is 1.92. The van der Waals surface area contributed by atoms with E-state index < -0.39 is 0 Å². The van der Waals surface area contributed by atoms with Gasteiger partial charge in [-0.1, -0.05) is 12.1 Å². The lowest BCUT2D eigenvalue weighted by Gasteiger charge is -2.17. The molecule has 0 aliphatic carbocycles. The molecule has 2 nitrogen and oxygen atoms in total. The van der Waals surface area contributed by atoms with Crippen LogP contribution in [0, 0.1) is 0 Å². The van der Waals surface area contributed by atoms with Crippen molar-refractivity contribution in [1.29, 1.82) is 0 Å². The van der Waals surface area contributed by atoms with Crippen LogP contribution in [0.1, 0.15) is 27.0 Å². The van der Waals surface area contributed by atoms with Gasteiger partial charge in [-0.2, -0.15) is 11.3 Å². The van der Waals surface area contributed by atoms with Gasteiger partial charge < -0.3 is 5.32 Å². The van der Waals surface area contributed by atoms with Crippen molar-refractivity contribution in [3.05, 3.63) is 57.3 Å². The minimum Gasteiger partial charge on any atom is -0.312 e. The van der Waals surface area contributed by atoms with Crippen molar-refractivity contribution >= 4 is 17.1 Å². The summed E-state index contributed by atoms with van der Waals surface area (Å²) < 4.78 is 0. The zero-order valence-electron chi connectivity index (χ0n) is 10.1. The van der Waals surface area contributed by atoms with Crippen LogP contribution in [0.25, 0.3) is 0 Å². The highest BCUT2D eigenvalue weighted by atomic mass is 32.1. The van der Waals surface area contributed by atoms with Gasteiger partial charge in [0.25, 0.3) is 0 Å². The van der Waals surface area contributed by atoms with Crippen LogP contribution in [-0.2, 0) is 19.4 Å². The molecule has 0 saturated heterocycles. The second-order valence-corrected chi connectivity index (χ2v) is 5.42. The minimum atomic E-state index is 0.210. The average molecular weight is 257 g/mol. The largest absolute Gasteiger partial charge is 0.312 e. The van der Waals surface area contributed by atoms with Crippen molar-refractivity contribution in [3.8, 4) is 0 Å². The summed E-state index contributed by atoms with van der Waals surface area (Å²) in [6, 6.07) is 8.15. The van der Waals surface area contributed by atoms with Crippen molar-refractivity contribution in [2.45, 2.75) is 19.4 Å². The number of thiophene rings is 1. The monoisotopic (exact) mass is 257 g/mol. The molecule has 3 heteroatoms. The molecule has 0 saturated carbocycles. The number of rotatable bonds is 3. The number of hydrogen-bond donors (Lipinski definition) is 1. The molecule has 0 fully saturated rings. The Kier molecular flexibility index (Phi) is 3.26. The number of benzene rings is 1. The fourth-order valence-electron chi connectivity index (χ4n) is 2.33. The van der Waals surface area contributed by atoms with Gasteiger partial charge in [-0.15, -0.1) is 0 Å². The fraction of sp³-hybridized carbons (Fsp3) is 0.267. The van der Waals surface area contributed by atoms with Crippen LogP contribution < -0.4 is 5.32 Å². The maximum Gasteiger partial charge on any atom is 0.167 e. The Bertz CT molecular complexity index is 560. The van der Waals surface area contributed by atoms with Gasteiger partial charge in [-0.25, -0.2) is 0 Å². The quantitative estimate of drug-likeness (QED) is 0.857. The molecule has 1 N–H and O–H groups in total. The molecule has 92 valence electrons. The van der Waals surface area contributed by atoms with Crippen LogP contribution in [0.4, 0.5) is 0 Å². The van der Waals surface area contributed by atoms with Gasteiger partial charge >= 0.3 is 0 Å². The molecule has 0 unspecified atom stereocenters. The number of carbonyl (C=O) groups is 1. The van der Waals surface area contributed by atoms with Crippen molar-refractivity contribution in [3.63, 3.8) is 0 Å². The molecule has 3 rings (SSSR count). The lowest BCUT2D eigenvalue weighted by Crippen LogP contribution is -2.23. The molecule has 2 heterocycles. The van der Waals surface area contributed by atoms with Gasteiger partial charge in [0.2, 0.25) is 0 Å². The van der Waals surface area contributed by atoms with Gasteiger partial charge in [-0.05, 0) is 52.5 Å². The summed E-state index contributed by atoms with van der Waals surface area (Å²) in [7, 11) is 0. The zero-order valence-corrected chi connectivity index (χ0v) is 10.9. The number of fused-ring (bicyclic) bond motifs is 1. The van der Waals surface area contributed by atoms with Crippen LogP contribution in [0.2, 0.25) is 0 Å². The van der Waals surface area contributed by atoms with E-state index in [1.54, 1.807) is 11.3 Å². The Morgan fingerprint density at radius 3 is 3.06 bits per heavy atom. The molecular formula is C15H15NOS. The van der Waals surface area contributed by atoms with Crippen molar-refractivity contribution < 1.29 is 4.79 Å². The maximum absolute atomic E-state index is 12.2. The molecule has 0 radical (unpaired) electrons. The van der Waals surface area contributed by atoms with E-state index in [-0.39, 0.29) is 5.78 Å². The molecule has 1 aliphatic heterocycles. The number of hydrogen-bond acceptors (Lipinski definition) is 3. The summed E-state index contributed by atoms with van der Waals surface area (Å²) in [4.78, 5) is 12.2. The van der Waals surface area contributed by atoms with Crippen molar-refractivity contribution in [1.82, 2.24) is 5.32 Å². The van der Waals surface area contributed by atoms with E-state index in [0.717, 1.165) is 30.6 Å². The van der Waals surface area contributed by atoms with E-state index in [1.165, 1.54) is 11.1 Å². The Balaban J connectivity index is 1.81. The second kappa shape index (κ2) is 5.04. The van der Waals surface area contributed by atoms with Gasteiger partial charge in [-0.3, -0.25) is 4.79 Å². The Hall–Kier alpha value is -1.45. The lowest BCUT2D eigenvalue weighted by atomic mass is 9.96. The number of carbonyl (C=O) groups excluding carboxylic acids is 1. The summed E-state index contributed by atoms with van der Waals surface area (Å²) in [5.41, 5.74) is 4.60. The number of ketones is 1. The SMILES string of the molecule is O=C(Cc1ccsc1)c1ccc2c(c1)CNCC2. The fourth-order valence-corrected chi connectivity index (χ4v) is 3.00. The molecule has 1 aromatic carbocycles. The molecular weight excluding hydrogens is 242 g/mol. The van der Waals surface area contributed by atoms with E-state index in [9.17, 15) is 4.79 Å². The van der Waals surface area contributed by atoms with Gasteiger partial charge in [0.15, 0.2) is 5.78 Å². The van der Waals surface area contributed by atoms with E-state index in [1.807, 2.05) is 22.9 Å². The van der Waals surface area contributed by atoms with E-state index >= 15 is 0 Å². The second-order valence-electron chi connectivity index (χ2n) is 4.64. The van der Waals surface area contributed by atoms with Gasteiger partial charge in [0.1, 0.15) is 0 Å². The van der Waals surface area contributed by atoms with Gasteiger partial charge in [0.05, 0.1) is 0 Å². The Labute approximate surface area is 111 Å². The predicted octanol–water partition coefficient (Wildman–Crippen LogP) is 2.82. The Morgan fingerprint density at radius 2 is 2.22 bits per heavy atom. The molecule has 0 bridgehead atoms. The highest BCUT2D eigenvalue weighted by molar-refractivity contribution is 7.08. The topological polar surface area (TPSA) is 29.1 Å². The summed E-state index contributed by atoms with van der Waals surface area (Å²) in [5.74, 6) is 0.210. The molecule has 1 aliphatic rings. The third-order valence-electron chi connectivity index (χ3n) is 3.36. The Morgan fingerprint density at radius 1 is 1.28 bits per heavy atom. The first-order valence-corrected chi connectivity index (χ1v) is 7.14. The molecule has 0 amide bonds. The third kappa shape index (κ3) is 2.37. The standard InChI is InChI=1S/C15H15NOS/c17-15(7-11-4-6-18-10-11)13-2-1-12-3-5-16-9-14(12)8-13/h1-2,4,6,8,10,16H,3,5,7,9H2. The highest BCUT2D eigenvalue weighted by Crippen LogP contribution is 2.18. The predicted molar refractivity (Wildman–Crippen MR) is 74.2 cm³/mol. The molecule has 18 heavy (non-hydrogen) atoms. The van der Waals surface area contributed by atoms with Crippen LogP contribution in [0.15, 0.2) is 35.0 Å². The third-order valence-corrected chi connectivity index (χ3v) is 4.09. The van der Waals surface area contributed by atoms with E-state index in [4.69, 9.17) is 0 Å². The van der Waals surface area contributed by atoms with Crippen molar-refractivity contribution in [2.75, 3.05) is 6.54 Å². The van der Waals surface area contributed by atoms with Crippen LogP contribution >= 0.6 is 11.3 Å². The van der Waals surface area contributed by atoms with E-state index in [0.29, 0.717) is 6.42 Å². The van der Waals surface area contributed by atoms with Gasteiger partial charge in [0, 0.05) is 18.5 Å². The first-order valence-electron chi connectivity index (χ1n) is 6.20. The maximum atomic E-state index is 12.2. The number of Topliss-reactive ketones (excluding diaryl/α,β-unsaturated/α-hetero) is 1. The summed E-state index contributed by atoms with van der Waals surface area (Å²) in [5, 5.41) is 7.40. The number of nitrogens with one attached hydrogen (secondary N) is 1. The molecule has 0 spiro atoms. The lowest BCUT2D eigenvalue weighted by molar-refractivity contribution is 0.0993. The molecule has 1 aromatic heterocycles. The molecule has 2 aromatic rings. The summed E-state index contributed by atoms with van der Waals surface area (Å²) >= 11 is 1.64. The molecule has 0 atom stereocenters.